The largest absolute Gasteiger partial charge is 0.503 e. The molecule has 1 N–H and O–H groups in total. The van der Waals surface area contributed by atoms with Gasteiger partial charge in [-0.3, -0.25) is 0 Å². The van der Waals surface area contributed by atoms with Crippen molar-refractivity contribution in [1.29, 1.82) is 0 Å². The lowest BCUT2D eigenvalue weighted by Gasteiger charge is -2.01. The van der Waals surface area contributed by atoms with E-state index in [0.29, 0.717) is 0 Å². The van der Waals surface area contributed by atoms with E-state index >= 15 is 0 Å². The zero-order valence-corrected chi connectivity index (χ0v) is 8.23. The monoisotopic (exact) mass is 244 g/mol. The fourth-order valence-corrected chi connectivity index (χ4v) is 1.40. The molecule has 7 heteroatoms. The van der Waals surface area contributed by atoms with Gasteiger partial charge in [-0.05, 0) is 6.07 Å². The number of benzene rings is 1. The van der Waals surface area contributed by atoms with Crippen molar-refractivity contribution < 1.29 is 29.5 Å². The molecular weight excluding hydrogens is 242 g/mol. The molecule has 1 rings (SSSR count). The molecule has 0 unspecified atom stereocenters. The minimum atomic E-state index is -2.45. The van der Waals surface area contributed by atoms with Gasteiger partial charge in [-0.2, -0.15) is 0 Å². The standard InChI is InChI=1S/C6H3Cl3O4/c7-3-1-4(8)6(10)5(2-3)13-9(11)12/h1-2,10H. The second kappa shape index (κ2) is 4.21. The van der Waals surface area contributed by atoms with Crippen LogP contribution in [0.15, 0.2) is 12.1 Å². The van der Waals surface area contributed by atoms with Crippen molar-refractivity contribution in [3.05, 3.63) is 22.2 Å². The molecule has 0 atom stereocenters. The molecule has 0 aliphatic rings. The zero-order valence-electron chi connectivity index (χ0n) is 5.96. The molecular formula is C6H3Cl3O4. The Morgan fingerprint density at radius 3 is 2.46 bits per heavy atom. The fraction of sp³-hybridized carbons (Fsp3) is 0. The number of phenols is 1. The summed E-state index contributed by atoms with van der Waals surface area (Å²) in [6.07, 6.45) is 0. The van der Waals surface area contributed by atoms with Gasteiger partial charge < -0.3 is 14.4 Å². The van der Waals surface area contributed by atoms with Crippen LogP contribution in [0, 0.1) is 10.8 Å². The van der Waals surface area contributed by atoms with E-state index in [9.17, 15) is 14.4 Å². The molecule has 0 radical (unpaired) electrons. The predicted molar refractivity (Wildman–Crippen MR) is 38.8 cm³/mol. The molecule has 0 aromatic heterocycles. The fourth-order valence-electron chi connectivity index (χ4n) is 0.669. The number of aromatic hydroxyl groups is 1. The summed E-state index contributed by atoms with van der Waals surface area (Å²) < 4.78 is 24.3. The Morgan fingerprint density at radius 2 is 1.92 bits per heavy atom. The van der Waals surface area contributed by atoms with E-state index in [2.05, 4.69) is 4.29 Å². The van der Waals surface area contributed by atoms with E-state index in [1.807, 2.05) is 0 Å². The summed E-state index contributed by atoms with van der Waals surface area (Å²) in [6.45, 7) is 0. The van der Waals surface area contributed by atoms with Crippen molar-refractivity contribution in [2.24, 2.45) is 0 Å². The van der Waals surface area contributed by atoms with Crippen LogP contribution in [-0.4, -0.2) is 5.11 Å². The lowest BCUT2D eigenvalue weighted by molar-refractivity contribution is -1.62. The van der Waals surface area contributed by atoms with E-state index < -0.39 is 16.5 Å². The Morgan fingerprint density at radius 1 is 1.31 bits per heavy atom. The maximum Gasteiger partial charge on any atom is 0.350 e. The molecule has 0 amide bonds. The maximum absolute atomic E-state index is 10.1. The van der Waals surface area contributed by atoms with E-state index in [1.54, 1.807) is 0 Å². The van der Waals surface area contributed by atoms with Gasteiger partial charge in [0.05, 0.1) is 5.02 Å². The third-order valence-corrected chi connectivity index (χ3v) is 1.94. The summed E-state index contributed by atoms with van der Waals surface area (Å²) in [4.78, 5) is 0. The molecule has 1 aromatic rings. The Balaban J connectivity index is 3.05. The summed E-state index contributed by atoms with van der Waals surface area (Å²) in [5.74, 6) is -0.789. The highest BCUT2D eigenvalue weighted by molar-refractivity contribution is 6.35. The highest BCUT2D eigenvalue weighted by Gasteiger charge is 2.18. The third-order valence-electron chi connectivity index (χ3n) is 1.14. The molecule has 0 aliphatic heterocycles. The Labute approximate surface area is 86.7 Å². The van der Waals surface area contributed by atoms with Crippen LogP contribution in [0.1, 0.15) is 0 Å². The maximum atomic E-state index is 10.1. The average Bonchev–Trinajstić information content (AvgIpc) is 1.98. The van der Waals surface area contributed by atoms with Crippen LogP contribution < -0.4 is 13.6 Å². The van der Waals surface area contributed by atoms with Crippen molar-refractivity contribution in [1.82, 2.24) is 0 Å². The number of rotatable bonds is 2. The number of hydrogen-bond donors (Lipinski definition) is 1. The Kier molecular flexibility index (Phi) is 3.47. The molecule has 0 saturated heterocycles. The molecule has 0 heterocycles. The van der Waals surface area contributed by atoms with Crippen LogP contribution in [0.3, 0.4) is 0 Å². The number of halogens is 3. The smallest absolute Gasteiger partial charge is 0.350 e. The van der Waals surface area contributed by atoms with E-state index in [4.69, 9.17) is 23.2 Å². The highest BCUT2D eigenvalue weighted by Crippen LogP contribution is 2.36. The minimum absolute atomic E-state index is 0.0819. The van der Waals surface area contributed by atoms with Gasteiger partial charge in [0.1, 0.15) is 0 Å². The lowest BCUT2D eigenvalue weighted by atomic mass is 10.3. The van der Waals surface area contributed by atoms with Crippen LogP contribution in [0.5, 0.6) is 11.5 Å². The van der Waals surface area contributed by atoms with E-state index in [-0.39, 0.29) is 15.8 Å². The quantitative estimate of drug-likeness (QED) is 0.805. The van der Waals surface area contributed by atoms with Crippen molar-refractivity contribution in [3.8, 4) is 11.5 Å². The first kappa shape index (κ1) is 10.7. The number of phenolic OH excluding ortho intramolecular Hbond substituents is 1. The van der Waals surface area contributed by atoms with Crippen molar-refractivity contribution >= 4 is 23.2 Å². The predicted octanol–water partition coefficient (Wildman–Crippen LogP) is 0.164. The summed E-state index contributed by atoms with van der Waals surface area (Å²) in [7, 11) is -2.45. The van der Waals surface area contributed by atoms with Gasteiger partial charge in [0, 0.05) is 11.1 Å². The van der Waals surface area contributed by atoms with Crippen molar-refractivity contribution in [2.75, 3.05) is 0 Å². The molecule has 1 aromatic carbocycles. The van der Waals surface area contributed by atoms with Gasteiger partial charge in [0.15, 0.2) is 5.75 Å². The van der Waals surface area contributed by atoms with Crippen LogP contribution in [0.4, 0.5) is 0 Å². The van der Waals surface area contributed by atoms with Gasteiger partial charge >= 0.3 is 10.8 Å². The normalized spacial score (nSPS) is 10.5. The van der Waals surface area contributed by atoms with Gasteiger partial charge in [0.25, 0.3) is 5.75 Å². The first-order valence-corrected chi connectivity index (χ1v) is 4.61. The Bertz CT molecular complexity index is 315. The SMILES string of the molecule is [O-][Cl+2]([O-])Oc1cc(Cl)cc(Cl)c1O. The molecule has 0 fully saturated rings. The second-order valence-electron chi connectivity index (χ2n) is 2.00. The second-order valence-corrected chi connectivity index (χ2v) is 3.38. The molecule has 0 saturated carbocycles. The number of hydrogen-bond acceptors (Lipinski definition) is 4. The van der Waals surface area contributed by atoms with Crippen LogP contribution in [0.2, 0.25) is 10.0 Å². The summed E-state index contributed by atoms with van der Waals surface area (Å²) >= 11 is 11.0. The first-order chi connectivity index (χ1) is 6.00. The molecule has 13 heavy (non-hydrogen) atoms. The van der Waals surface area contributed by atoms with E-state index in [1.165, 1.54) is 6.07 Å². The molecule has 0 bridgehead atoms. The summed E-state index contributed by atoms with van der Waals surface area (Å²) in [6, 6.07) is 2.39. The lowest BCUT2D eigenvalue weighted by Crippen LogP contribution is -2.36. The van der Waals surface area contributed by atoms with Gasteiger partial charge in [-0.25, -0.2) is 0 Å². The van der Waals surface area contributed by atoms with Crippen molar-refractivity contribution in [2.45, 2.75) is 0 Å². The topological polar surface area (TPSA) is 75.6 Å². The van der Waals surface area contributed by atoms with Gasteiger partial charge in [-0.1, -0.05) is 23.2 Å². The zero-order chi connectivity index (χ0) is 10.0. The van der Waals surface area contributed by atoms with Crippen LogP contribution in [0.25, 0.3) is 0 Å². The van der Waals surface area contributed by atoms with Gasteiger partial charge in [0.2, 0.25) is 0 Å². The van der Waals surface area contributed by atoms with E-state index in [0.717, 1.165) is 6.07 Å². The highest BCUT2D eigenvalue weighted by atomic mass is 35.6. The minimum Gasteiger partial charge on any atom is -0.503 e. The summed E-state index contributed by atoms with van der Waals surface area (Å²) in [5.41, 5.74) is 0. The molecule has 0 spiro atoms. The molecule has 4 nitrogen and oxygen atoms in total. The molecule has 72 valence electrons. The van der Waals surface area contributed by atoms with Crippen LogP contribution in [-0.2, 0) is 0 Å². The first-order valence-electron chi connectivity index (χ1n) is 2.92. The van der Waals surface area contributed by atoms with Crippen molar-refractivity contribution in [3.63, 3.8) is 0 Å². The Hall–Kier alpha value is -0.390. The van der Waals surface area contributed by atoms with Crippen LogP contribution >= 0.6 is 23.2 Å². The molecule has 0 aliphatic carbocycles. The average molecular weight is 245 g/mol. The third kappa shape index (κ3) is 2.79. The summed E-state index contributed by atoms with van der Waals surface area (Å²) in [5, 5.41) is 9.26. The van der Waals surface area contributed by atoms with Gasteiger partial charge in [-0.15, -0.1) is 4.29 Å².